The summed E-state index contributed by atoms with van der Waals surface area (Å²) in [7, 11) is 0. The zero-order chi connectivity index (χ0) is 21.5. The molecule has 1 aromatic heterocycles. The lowest BCUT2D eigenvalue weighted by Gasteiger charge is -2.21. The Kier molecular flexibility index (Phi) is 7.92. The molecule has 1 heterocycles. The van der Waals surface area contributed by atoms with Crippen molar-refractivity contribution in [2.24, 2.45) is 5.73 Å². The minimum absolute atomic E-state index is 0.0475. The van der Waals surface area contributed by atoms with Crippen molar-refractivity contribution in [1.29, 1.82) is 0 Å². The van der Waals surface area contributed by atoms with E-state index in [9.17, 15) is 14.4 Å². The number of pyridine rings is 1. The number of hydrogen-bond acceptors (Lipinski definition) is 9. The van der Waals surface area contributed by atoms with Gasteiger partial charge in [-0.25, -0.2) is 14.6 Å². The number of esters is 2. The largest absolute Gasteiger partial charge is 0.478 e. The van der Waals surface area contributed by atoms with Gasteiger partial charge in [0.25, 0.3) is 0 Å². The van der Waals surface area contributed by atoms with E-state index in [-0.39, 0.29) is 23.7 Å². The Morgan fingerprint density at radius 3 is 1.79 bits per heavy atom. The molecule has 0 saturated heterocycles. The molecule has 0 aliphatic carbocycles. The molecular formula is C19H28N2O7. The maximum atomic E-state index is 11.9. The highest BCUT2D eigenvalue weighted by Gasteiger charge is 2.20. The molecule has 1 rings (SSSR count). The number of nitrogens with two attached hydrogens (primary N) is 1. The Morgan fingerprint density at radius 1 is 0.893 bits per heavy atom. The van der Waals surface area contributed by atoms with Crippen molar-refractivity contribution in [3.8, 4) is 11.5 Å². The van der Waals surface area contributed by atoms with Crippen LogP contribution in [0, 0.1) is 0 Å². The van der Waals surface area contributed by atoms with Gasteiger partial charge in [-0.3, -0.25) is 4.79 Å². The highest BCUT2D eigenvalue weighted by Crippen LogP contribution is 2.27. The number of carbonyl (C=O) groups excluding carboxylic acids is 3. The lowest BCUT2D eigenvalue weighted by Crippen LogP contribution is -2.28. The van der Waals surface area contributed by atoms with E-state index < -0.39 is 42.1 Å². The van der Waals surface area contributed by atoms with Crippen LogP contribution in [0.4, 0.5) is 0 Å². The van der Waals surface area contributed by atoms with Crippen LogP contribution in [-0.2, 0) is 19.1 Å². The number of hydrogen-bond donors (Lipinski definition) is 1. The molecule has 0 radical (unpaired) electrons. The van der Waals surface area contributed by atoms with E-state index in [0.29, 0.717) is 0 Å². The third-order valence-electron chi connectivity index (χ3n) is 2.83. The van der Waals surface area contributed by atoms with Gasteiger partial charge in [-0.2, -0.15) is 0 Å². The number of Topliss-reactive ketones (excluding diaryl/α,β-unsaturated/α-hetero) is 1. The highest BCUT2D eigenvalue weighted by atomic mass is 16.6. The van der Waals surface area contributed by atoms with Crippen LogP contribution in [-0.4, -0.2) is 53.7 Å². The quantitative estimate of drug-likeness (QED) is 0.515. The molecule has 156 valence electrons. The summed E-state index contributed by atoms with van der Waals surface area (Å²) in [6.07, 6.45) is 1.22. The second-order valence-corrected chi connectivity index (χ2v) is 7.89. The van der Waals surface area contributed by atoms with E-state index in [2.05, 4.69) is 4.98 Å². The highest BCUT2D eigenvalue weighted by molar-refractivity contribution is 5.96. The smallest absolute Gasteiger partial charge is 0.344 e. The standard InChI is InChI=1S/C19H28N2O7/c1-18(2,3)27-16(23)10-25-14-7-12(13(22)8-20)21-9-15(14)26-11-17(24)28-19(4,5)6/h7,9H,8,10-11,20H2,1-6H3. The molecule has 0 amide bonds. The van der Waals surface area contributed by atoms with E-state index in [0.717, 1.165) is 0 Å². The van der Waals surface area contributed by atoms with Crippen LogP contribution in [0.15, 0.2) is 12.3 Å². The van der Waals surface area contributed by atoms with Crippen LogP contribution in [0.3, 0.4) is 0 Å². The average molecular weight is 396 g/mol. The molecule has 9 nitrogen and oxygen atoms in total. The van der Waals surface area contributed by atoms with Gasteiger partial charge in [0.2, 0.25) is 0 Å². The minimum Gasteiger partial charge on any atom is -0.478 e. The molecule has 0 atom stereocenters. The molecule has 0 saturated carbocycles. The molecule has 2 N–H and O–H groups in total. The van der Waals surface area contributed by atoms with E-state index in [1.165, 1.54) is 12.3 Å². The summed E-state index contributed by atoms with van der Waals surface area (Å²) in [5.41, 5.74) is 4.06. The number of nitrogens with zero attached hydrogens (tertiary/aromatic N) is 1. The van der Waals surface area contributed by atoms with E-state index in [1.54, 1.807) is 41.5 Å². The normalized spacial score (nSPS) is 11.5. The van der Waals surface area contributed by atoms with Gasteiger partial charge < -0.3 is 24.7 Å². The molecule has 0 aliphatic heterocycles. The second kappa shape index (κ2) is 9.50. The van der Waals surface area contributed by atoms with Gasteiger partial charge in [0.1, 0.15) is 16.9 Å². The zero-order valence-corrected chi connectivity index (χ0v) is 17.2. The van der Waals surface area contributed by atoms with E-state index >= 15 is 0 Å². The summed E-state index contributed by atoms with van der Waals surface area (Å²) in [5.74, 6) is -1.48. The van der Waals surface area contributed by atoms with Gasteiger partial charge in [-0.1, -0.05) is 0 Å². The van der Waals surface area contributed by atoms with Crippen LogP contribution >= 0.6 is 0 Å². The first-order chi connectivity index (χ1) is 12.8. The lowest BCUT2D eigenvalue weighted by atomic mass is 10.2. The van der Waals surface area contributed by atoms with Crippen LogP contribution in [0.1, 0.15) is 52.0 Å². The maximum Gasteiger partial charge on any atom is 0.344 e. The van der Waals surface area contributed by atoms with Crippen molar-refractivity contribution in [2.45, 2.75) is 52.7 Å². The van der Waals surface area contributed by atoms with Crippen molar-refractivity contribution in [2.75, 3.05) is 19.8 Å². The number of rotatable bonds is 8. The summed E-state index contributed by atoms with van der Waals surface area (Å²) in [5, 5.41) is 0. The predicted octanol–water partition coefficient (Wildman–Crippen LogP) is 1.66. The van der Waals surface area contributed by atoms with E-state index in [4.69, 9.17) is 24.7 Å². The molecule has 0 spiro atoms. The molecule has 0 fully saturated rings. The predicted molar refractivity (Wildman–Crippen MR) is 100 cm³/mol. The third-order valence-corrected chi connectivity index (χ3v) is 2.83. The van der Waals surface area contributed by atoms with Gasteiger partial charge in [-0.15, -0.1) is 0 Å². The number of carbonyl (C=O) groups is 3. The summed E-state index contributed by atoms with van der Waals surface area (Å²) >= 11 is 0. The average Bonchev–Trinajstić information content (AvgIpc) is 2.54. The number of ketones is 1. The summed E-state index contributed by atoms with van der Waals surface area (Å²) in [6, 6.07) is 1.30. The third kappa shape index (κ3) is 8.81. The Morgan fingerprint density at radius 2 is 1.36 bits per heavy atom. The molecule has 28 heavy (non-hydrogen) atoms. The SMILES string of the molecule is CC(C)(C)OC(=O)COc1cnc(C(=O)CN)cc1OCC(=O)OC(C)(C)C. The first kappa shape index (κ1) is 23.4. The van der Waals surface area contributed by atoms with Gasteiger partial charge in [0, 0.05) is 6.07 Å². The Balaban J connectivity index is 2.91. The van der Waals surface area contributed by atoms with Crippen LogP contribution < -0.4 is 15.2 Å². The second-order valence-electron chi connectivity index (χ2n) is 7.89. The van der Waals surface area contributed by atoms with Crippen molar-refractivity contribution < 1.29 is 33.3 Å². The molecule has 0 aliphatic rings. The maximum absolute atomic E-state index is 11.9. The van der Waals surface area contributed by atoms with Gasteiger partial charge >= 0.3 is 11.9 Å². The first-order valence-electron chi connectivity index (χ1n) is 8.73. The zero-order valence-electron chi connectivity index (χ0n) is 17.2. The van der Waals surface area contributed by atoms with E-state index in [1.807, 2.05) is 0 Å². The Bertz CT molecular complexity index is 718. The van der Waals surface area contributed by atoms with Crippen LogP contribution in [0.5, 0.6) is 11.5 Å². The molecule has 9 heteroatoms. The van der Waals surface area contributed by atoms with Gasteiger partial charge in [-0.05, 0) is 41.5 Å². The van der Waals surface area contributed by atoms with Gasteiger partial charge in [0.15, 0.2) is 30.5 Å². The first-order valence-corrected chi connectivity index (χ1v) is 8.73. The van der Waals surface area contributed by atoms with Gasteiger partial charge in [0.05, 0.1) is 12.7 Å². The monoisotopic (exact) mass is 396 g/mol. The topological polar surface area (TPSA) is 127 Å². The molecular weight excluding hydrogens is 368 g/mol. The fourth-order valence-corrected chi connectivity index (χ4v) is 1.92. The summed E-state index contributed by atoms with van der Waals surface area (Å²) < 4.78 is 21.1. The Hall–Kier alpha value is -2.68. The minimum atomic E-state index is -0.671. The fourth-order valence-electron chi connectivity index (χ4n) is 1.92. The molecule has 0 unspecified atom stereocenters. The van der Waals surface area contributed by atoms with Crippen LogP contribution in [0.25, 0.3) is 0 Å². The van der Waals surface area contributed by atoms with Crippen molar-refractivity contribution in [1.82, 2.24) is 4.98 Å². The molecule has 0 bridgehead atoms. The fraction of sp³-hybridized carbons (Fsp3) is 0.579. The lowest BCUT2D eigenvalue weighted by molar-refractivity contribution is -0.158. The molecule has 0 aromatic carbocycles. The number of ether oxygens (including phenoxy) is 4. The summed E-state index contributed by atoms with van der Waals surface area (Å²) in [6.45, 7) is 9.32. The van der Waals surface area contributed by atoms with Crippen molar-refractivity contribution >= 4 is 17.7 Å². The summed E-state index contributed by atoms with van der Waals surface area (Å²) in [4.78, 5) is 39.4. The van der Waals surface area contributed by atoms with Crippen molar-refractivity contribution in [3.63, 3.8) is 0 Å². The van der Waals surface area contributed by atoms with Crippen molar-refractivity contribution in [3.05, 3.63) is 18.0 Å². The Labute approximate surface area is 164 Å². The number of aromatic nitrogens is 1. The van der Waals surface area contributed by atoms with Crippen LogP contribution in [0.2, 0.25) is 0 Å². The molecule has 1 aromatic rings.